The van der Waals surface area contributed by atoms with Crippen molar-refractivity contribution in [2.45, 2.75) is 0 Å². The Balaban J connectivity index is 3.13. The summed E-state index contributed by atoms with van der Waals surface area (Å²) in [5, 5.41) is 0. The van der Waals surface area contributed by atoms with E-state index in [1.807, 2.05) is 0 Å². The molecule has 0 aromatic carbocycles. The van der Waals surface area contributed by atoms with Crippen LogP contribution >= 0.6 is 0 Å². The number of aromatic nitrogens is 1. The van der Waals surface area contributed by atoms with Crippen molar-refractivity contribution < 1.29 is 9.18 Å². The molecule has 0 aliphatic rings. The van der Waals surface area contributed by atoms with Gasteiger partial charge in [-0.2, -0.15) is 0 Å². The highest BCUT2D eigenvalue weighted by atomic mass is 19.1. The molecule has 0 spiro atoms. The molecule has 0 fully saturated rings. The zero-order valence-electron chi connectivity index (χ0n) is 5.75. The van der Waals surface area contributed by atoms with Crippen molar-refractivity contribution >= 4 is 5.78 Å². The van der Waals surface area contributed by atoms with Crippen molar-refractivity contribution in [3.05, 3.63) is 42.5 Å². The van der Waals surface area contributed by atoms with Gasteiger partial charge in [0.25, 0.3) is 0 Å². The molecule has 1 heterocycles. The number of hydrogen-bond donors (Lipinski definition) is 0. The van der Waals surface area contributed by atoms with Crippen LogP contribution < -0.4 is 0 Å². The number of hydrogen-bond acceptors (Lipinski definition) is 2. The molecule has 0 atom stereocenters. The van der Waals surface area contributed by atoms with E-state index in [1.165, 1.54) is 18.3 Å². The van der Waals surface area contributed by atoms with E-state index in [-0.39, 0.29) is 5.69 Å². The minimum absolute atomic E-state index is 0.178. The summed E-state index contributed by atoms with van der Waals surface area (Å²) in [6.45, 7) is 3.22. The molecule has 0 unspecified atom stereocenters. The van der Waals surface area contributed by atoms with Gasteiger partial charge in [-0.15, -0.1) is 0 Å². The van der Waals surface area contributed by atoms with Crippen LogP contribution in [0, 0.1) is 5.82 Å². The van der Waals surface area contributed by atoms with Crippen molar-refractivity contribution in [3.63, 3.8) is 0 Å². The minimum atomic E-state index is -0.614. The van der Waals surface area contributed by atoms with Gasteiger partial charge in [-0.1, -0.05) is 6.58 Å². The number of nitrogens with zero attached hydrogens (tertiary/aromatic N) is 1. The third kappa shape index (κ3) is 1.49. The van der Waals surface area contributed by atoms with E-state index in [0.29, 0.717) is 0 Å². The molecular weight excluding hydrogens is 145 g/mol. The van der Waals surface area contributed by atoms with Gasteiger partial charge in [0.15, 0.2) is 5.82 Å². The van der Waals surface area contributed by atoms with Gasteiger partial charge in [-0.25, -0.2) is 9.37 Å². The fourth-order valence-electron chi connectivity index (χ4n) is 0.664. The van der Waals surface area contributed by atoms with E-state index in [4.69, 9.17) is 0 Å². The lowest BCUT2D eigenvalue weighted by Gasteiger charge is -1.93. The molecule has 1 aromatic heterocycles. The molecule has 1 aromatic rings. The first-order valence-electron chi connectivity index (χ1n) is 3.03. The van der Waals surface area contributed by atoms with Crippen LogP contribution in [0.2, 0.25) is 0 Å². The number of pyridine rings is 1. The lowest BCUT2D eigenvalue weighted by molar-refractivity contribution is 0.103. The summed E-state index contributed by atoms with van der Waals surface area (Å²) in [5.74, 6) is -1.11. The quantitative estimate of drug-likeness (QED) is 0.474. The van der Waals surface area contributed by atoms with Gasteiger partial charge < -0.3 is 0 Å². The smallest absolute Gasteiger partial charge is 0.206 e. The molecule has 11 heavy (non-hydrogen) atoms. The van der Waals surface area contributed by atoms with E-state index >= 15 is 0 Å². The van der Waals surface area contributed by atoms with Gasteiger partial charge in [-0.3, -0.25) is 4.79 Å². The first-order chi connectivity index (χ1) is 5.25. The Labute approximate surface area is 63.4 Å². The molecule has 0 amide bonds. The minimum Gasteiger partial charge on any atom is -0.287 e. The first kappa shape index (κ1) is 7.60. The van der Waals surface area contributed by atoms with Crippen LogP contribution in [-0.4, -0.2) is 10.8 Å². The summed E-state index contributed by atoms with van der Waals surface area (Å²) in [7, 11) is 0. The van der Waals surface area contributed by atoms with Crippen LogP contribution in [0.15, 0.2) is 31.0 Å². The topological polar surface area (TPSA) is 30.0 Å². The fourth-order valence-corrected chi connectivity index (χ4v) is 0.664. The average Bonchev–Trinajstić information content (AvgIpc) is 2.04. The van der Waals surface area contributed by atoms with Gasteiger partial charge in [-0.05, 0) is 18.2 Å². The Morgan fingerprint density at radius 3 is 3.00 bits per heavy atom. The monoisotopic (exact) mass is 151 g/mol. The molecule has 0 saturated carbocycles. The molecule has 2 nitrogen and oxygen atoms in total. The maximum atomic E-state index is 12.7. The normalized spacial score (nSPS) is 9.18. The molecule has 0 N–H and O–H groups in total. The zero-order valence-corrected chi connectivity index (χ0v) is 5.75. The molecule has 56 valence electrons. The second-order valence-corrected chi connectivity index (χ2v) is 1.90. The van der Waals surface area contributed by atoms with Crippen molar-refractivity contribution in [2.75, 3.05) is 0 Å². The van der Waals surface area contributed by atoms with E-state index < -0.39 is 11.6 Å². The van der Waals surface area contributed by atoms with Gasteiger partial charge in [0.2, 0.25) is 5.78 Å². The lowest BCUT2D eigenvalue weighted by atomic mass is 10.2. The van der Waals surface area contributed by atoms with Crippen molar-refractivity contribution in [3.8, 4) is 0 Å². The van der Waals surface area contributed by atoms with Crippen LogP contribution in [0.3, 0.4) is 0 Å². The maximum absolute atomic E-state index is 12.7. The number of carbonyl (C=O) groups excluding carboxylic acids is 1. The molecule has 0 radical (unpaired) electrons. The number of allylic oxidation sites excluding steroid dienone is 1. The average molecular weight is 151 g/mol. The molecule has 0 aliphatic heterocycles. The molecule has 1 rings (SSSR count). The molecule has 3 heteroatoms. The SMILES string of the molecule is C=CC(=O)c1ncccc1F. The molecule has 0 bridgehead atoms. The van der Waals surface area contributed by atoms with Crippen molar-refractivity contribution in [1.29, 1.82) is 0 Å². The Bertz CT molecular complexity index is 296. The Kier molecular flexibility index (Phi) is 2.11. The summed E-state index contributed by atoms with van der Waals surface area (Å²) in [6, 6.07) is 2.61. The molecule has 0 saturated heterocycles. The fraction of sp³-hybridized carbons (Fsp3) is 0. The Morgan fingerprint density at radius 2 is 2.45 bits per heavy atom. The van der Waals surface area contributed by atoms with Gasteiger partial charge >= 0.3 is 0 Å². The van der Waals surface area contributed by atoms with Gasteiger partial charge in [0.1, 0.15) is 5.69 Å². The zero-order chi connectivity index (χ0) is 8.27. The second-order valence-electron chi connectivity index (χ2n) is 1.90. The van der Waals surface area contributed by atoms with Crippen LogP contribution in [0.4, 0.5) is 4.39 Å². The predicted molar refractivity (Wildman–Crippen MR) is 38.7 cm³/mol. The van der Waals surface area contributed by atoms with E-state index in [9.17, 15) is 9.18 Å². The summed E-state index contributed by atoms with van der Waals surface area (Å²) >= 11 is 0. The largest absolute Gasteiger partial charge is 0.287 e. The number of halogens is 1. The summed E-state index contributed by atoms with van der Waals surface area (Å²) in [4.78, 5) is 14.4. The molecular formula is C8H6FNO. The summed E-state index contributed by atoms with van der Waals surface area (Å²) in [5.41, 5.74) is -0.178. The van der Waals surface area contributed by atoms with Crippen molar-refractivity contribution in [1.82, 2.24) is 4.98 Å². The highest BCUT2D eigenvalue weighted by Gasteiger charge is 2.07. The van der Waals surface area contributed by atoms with Crippen LogP contribution in [0.5, 0.6) is 0 Å². The highest BCUT2D eigenvalue weighted by Crippen LogP contribution is 2.03. The number of carbonyl (C=O) groups is 1. The molecule has 0 aliphatic carbocycles. The van der Waals surface area contributed by atoms with Crippen LogP contribution in [0.25, 0.3) is 0 Å². The third-order valence-corrected chi connectivity index (χ3v) is 1.18. The highest BCUT2D eigenvalue weighted by molar-refractivity contribution is 6.02. The number of ketones is 1. The van der Waals surface area contributed by atoms with Crippen LogP contribution in [0.1, 0.15) is 10.5 Å². The predicted octanol–water partition coefficient (Wildman–Crippen LogP) is 1.59. The van der Waals surface area contributed by atoms with E-state index in [2.05, 4.69) is 11.6 Å². The lowest BCUT2D eigenvalue weighted by Crippen LogP contribution is -2.00. The van der Waals surface area contributed by atoms with Gasteiger partial charge in [0.05, 0.1) is 0 Å². The summed E-state index contributed by atoms with van der Waals surface area (Å²) in [6.07, 6.45) is 2.39. The van der Waals surface area contributed by atoms with Gasteiger partial charge in [0, 0.05) is 6.20 Å². The Morgan fingerprint density at radius 1 is 1.73 bits per heavy atom. The number of rotatable bonds is 2. The second kappa shape index (κ2) is 3.05. The van der Waals surface area contributed by atoms with E-state index in [0.717, 1.165) is 6.08 Å². The van der Waals surface area contributed by atoms with Crippen LogP contribution in [-0.2, 0) is 0 Å². The van der Waals surface area contributed by atoms with Crippen molar-refractivity contribution in [2.24, 2.45) is 0 Å². The first-order valence-corrected chi connectivity index (χ1v) is 3.03. The standard InChI is InChI=1S/C8H6FNO/c1-2-7(11)8-6(9)4-3-5-10-8/h2-5H,1H2. The van der Waals surface area contributed by atoms with E-state index in [1.54, 1.807) is 0 Å². The summed E-state index contributed by atoms with van der Waals surface area (Å²) < 4.78 is 12.7. The maximum Gasteiger partial charge on any atom is 0.206 e. The third-order valence-electron chi connectivity index (χ3n) is 1.18. The Hall–Kier alpha value is -1.51.